The van der Waals surface area contributed by atoms with Gasteiger partial charge in [0.05, 0.1) is 0 Å². The quantitative estimate of drug-likeness (QED) is 0.270. The summed E-state index contributed by atoms with van der Waals surface area (Å²) >= 11 is 1.97. The van der Waals surface area contributed by atoms with Gasteiger partial charge in [0.15, 0.2) is 23.1 Å². The van der Waals surface area contributed by atoms with Gasteiger partial charge in [-0.3, -0.25) is 0 Å². The van der Waals surface area contributed by atoms with Gasteiger partial charge in [-0.1, -0.05) is 6.42 Å². The number of hydrogen-bond donors (Lipinski definition) is 3. The molecule has 10 nitrogen and oxygen atoms in total. The van der Waals surface area contributed by atoms with E-state index in [9.17, 15) is 9.90 Å². The van der Waals surface area contributed by atoms with E-state index in [1.165, 1.54) is 19.3 Å². The first-order chi connectivity index (χ1) is 18.8. The number of amides is 1. The Bertz CT molecular complexity index is 1340. The number of rotatable bonds is 6. The molecule has 1 amide bonds. The molecule has 4 fully saturated rings. The zero-order valence-electron chi connectivity index (χ0n) is 22.8. The van der Waals surface area contributed by atoms with Crippen LogP contribution in [-0.4, -0.2) is 66.7 Å². The molecular weight excluding hydrogens is 512 g/mol. The summed E-state index contributed by atoms with van der Waals surface area (Å²) in [7, 11) is 0. The summed E-state index contributed by atoms with van der Waals surface area (Å²) in [6.07, 6.45) is 13.5. The number of carboxylic acid groups (broad SMARTS) is 1. The molecule has 4 aliphatic rings. The molecule has 0 aromatic carbocycles. The number of nitrogens with one attached hydrogen (secondary N) is 1. The SMILES string of the molecule is C#CC1CCC2(CC1)CC2n1c(N2CCSCC2C)nc2nc(/C(N)=N/C(=O)O)nc(N[C@H](C)C3CCC3)c21. The maximum atomic E-state index is 11.3. The fourth-order valence-corrected chi connectivity index (χ4v) is 7.76. The number of fused-ring (bicyclic) bond motifs is 1. The molecule has 2 unspecified atom stereocenters. The van der Waals surface area contributed by atoms with E-state index in [1.807, 2.05) is 11.8 Å². The Balaban J connectivity index is 1.49. The van der Waals surface area contributed by atoms with Crippen molar-refractivity contribution < 1.29 is 9.90 Å². The highest BCUT2D eigenvalue weighted by molar-refractivity contribution is 7.99. The van der Waals surface area contributed by atoms with Gasteiger partial charge in [-0.15, -0.1) is 12.3 Å². The summed E-state index contributed by atoms with van der Waals surface area (Å²) in [6.45, 7) is 5.36. The van der Waals surface area contributed by atoms with Gasteiger partial charge >= 0.3 is 6.09 Å². The van der Waals surface area contributed by atoms with Crippen LogP contribution in [0, 0.1) is 29.6 Å². The molecule has 208 valence electrons. The van der Waals surface area contributed by atoms with Crippen molar-refractivity contribution in [3.63, 3.8) is 0 Å². The van der Waals surface area contributed by atoms with E-state index >= 15 is 0 Å². The minimum absolute atomic E-state index is 0.0895. The first-order valence-electron chi connectivity index (χ1n) is 14.2. The minimum atomic E-state index is -1.37. The first kappa shape index (κ1) is 26.2. The summed E-state index contributed by atoms with van der Waals surface area (Å²) in [5.74, 6) is 7.47. The number of imidazole rings is 1. The molecule has 11 heteroatoms. The molecule has 3 saturated carbocycles. The molecule has 4 N–H and O–H groups in total. The lowest BCUT2D eigenvalue weighted by Gasteiger charge is -2.35. The third-order valence-corrected chi connectivity index (χ3v) is 10.7. The number of aromatic nitrogens is 4. The summed E-state index contributed by atoms with van der Waals surface area (Å²) in [6, 6.07) is 0.846. The number of amidine groups is 1. The van der Waals surface area contributed by atoms with Crippen LogP contribution in [0.5, 0.6) is 0 Å². The first-order valence-corrected chi connectivity index (χ1v) is 15.4. The second-order valence-electron chi connectivity index (χ2n) is 11.9. The van der Waals surface area contributed by atoms with Gasteiger partial charge in [0.1, 0.15) is 5.52 Å². The molecule has 39 heavy (non-hydrogen) atoms. The lowest BCUT2D eigenvalue weighted by molar-refractivity contribution is 0.205. The maximum absolute atomic E-state index is 11.3. The van der Waals surface area contributed by atoms with E-state index in [2.05, 4.69) is 44.5 Å². The van der Waals surface area contributed by atoms with Crippen LogP contribution in [0.15, 0.2) is 4.99 Å². The smallest absolute Gasteiger partial charge is 0.433 e. The Labute approximate surface area is 233 Å². The minimum Gasteiger partial charge on any atom is -0.463 e. The molecule has 1 aliphatic heterocycles. The van der Waals surface area contributed by atoms with E-state index in [4.69, 9.17) is 22.1 Å². The Morgan fingerprint density at radius 1 is 1.28 bits per heavy atom. The van der Waals surface area contributed by atoms with Crippen LogP contribution in [0.25, 0.3) is 11.2 Å². The van der Waals surface area contributed by atoms with Crippen molar-refractivity contribution in [2.75, 3.05) is 28.3 Å². The summed E-state index contributed by atoms with van der Waals surface area (Å²) in [5.41, 5.74) is 7.70. The number of thioether (sulfide) groups is 1. The zero-order valence-corrected chi connectivity index (χ0v) is 23.6. The van der Waals surface area contributed by atoms with Crippen molar-refractivity contribution in [1.29, 1.82) is 0 Å². The number of hydrogen-bond acceptors (Lipinski definition) is 7. The van der Waals surface area contributed by atoms with Crippen LogP contribution in [0.3, 0.4) is 0 Å². The van der Waals surface area contributed by atoms with Crippen molar-refractivity contribution in [3.05, 3.63) is 5.82 Å². The zero-order chi connectivity index (χ0) is 27.3. The lowest BCUT2D eigenvalue weighted by Crippen LogP contribution is -2.42. The monoisotopic (exact) mass is 550 g/mol. The van der Waals surface area contributed by atoms with Gasteiger partial charge in [0.2, 0.25) is 5.95 Å². The number of nitrogens with two attached hydrogens (primary N) is 1. The third-order valence-electron chi connectivity index (χ3n) is 9.49. The molecule has 1 spiro atoms. The number of nitrogens with zero attached hydrogens (tertiary/aromatic N) is 6. The normalized spacial score (nSPS) is 30.1. The van der Waals surface area contributed by atoms with Crippen molar-refractivity contribution in [1.82, 2.24) is 19.5 Å². The molecular formula is C28H38N8O2S. The number of aliphatic imine (C=N–C) groups is 1. The van der Waals surface area contributed by atoms with Crippen molar-refractivity contribution >= 4 is 46.6 Å². The van der Waals surface area contributed by atoms with Gasteiger partial charge in [0.25, 0.3) is 0 Å². The van der Waals surface area contributed by atoms with Gasteiger partial charge in [-0.05, 0) is 70.1 Å². The lowest BCUT2D eigenvalue weighted by atomic mass is 9.79. The summed E-state index contributed by atoms with van der Waals surface area (Å²) < 4.78 is 2.40. The molecule has 6 rings (SSSR count). The van der Waals surface area contributed by atoms with E-state index in [-0.39, 0.29) is 23.1 Å². The molecule has 3 heterocycles. The fourth-order valence-electron chi connectivity index (χ4n) is 6.74. The van der Waals surface area contributed by atoms with E-state index in [0.29, 0.717) is 35.4 Å². The van der Waals surface area contributed by atoms with Crippen LogP contribution in [-0.2, 0) is 0 Å². The number of anilines is 2. The highest BCUT2D eigenvalue weighted by Gasteiger charge is 2.57. The summed E-state index contributed by atoms with van der Waals surface area (Å²) in [4.78, 5) is 31.8. The van der Waals surface area contributed by atoms with E-state index < -0.39 is 6.09 Å². The standard InChI is InChI=1S/C28H38N8O2S/c1-4-18-8-10-28(11-9-18)14-20(28)36-21-23(30-17(3)19-6-5-7-19)32-25(22(29)31-27(37)38)33-24(21)34-26(36)35-12-13-39-15-16(35)2/h1,16-20H,5-15H2,2-3H3,(H2,29,31)(H,37,38)(H,30,32,33)/t16?,17-,18?,20?,28?/m1/s1. The topological polar surface area (TPSA) is 135 Å². The third kappa shape index (κ3) is 4.81. The van der Waals surface area contributed by atoms with Crippen LogP contribution in [0.2, 0.25) is 0 Å². The van der Waals surface area contributed by atoms with Crippen molar-refractivity contribution in [2.24, 2.45) is 28.0 Å². The molecule has 0 radical (unpaired) electrons. The van der Waals surface area contributed by atoms with Crippen LogP contribution < -0.4 is 16.0 Å². The average Bonchev–Trinajstić information content (AvgIpc) is 3.41. The van der Waals surface area contributed by atoms with Gasteiger partial charge in [-0.25, -0.2) is 14.8 Å². The van der Waals surface area contributed by atoms with Crippen LogP contribution in [0.4, 0.5) is 16.6 Å². The Hall–Kier alpha value is -3.00. The second-order valence-corrected chi connectivity index (χ2v) is 13.0. The van der Waals surface area contributed by atoms with Gasteiger partial charge in [0, 0.05) is 42.1 Å². The molecule has 0 bridgehead atoms. The van der Waals surface area contributed by atoms with Gasteiger partial charge in [-0.2, -0.15) is 21.7 Å². The van der Waals surface area contributed by atoms with Crippen LogP contribution >= 0.6 is 11.8 Å². The Morgan fingerprint density at radius 3 is 2.69 bits per heavy atom. The largest absolute Gasteiger partial charge is 0.463 e. The van der Waals surface area contributed by atoms with E-state index in [0.717, 1.165) is 61.6 Å². The van der Waals surface area contributed by atoms with Gasteiger partial charge < -0.3 is 25.6 Å². The molecule has 3 aliphatic carbocycles. The Kier molecular flexibility index (Phi) is 6.86. The molecule has 3 atom stereocenters. The van der Waals surface area contributed by atoms with Crippen molar-refractivity contribution in [2.45, 2.75) is 83.3 Å². The summed E-state index contributed by atoms with van der Waals surface area (Å²) in [5, 5.41) is 12.9. The highest BCUT2D eigenvalue weighted by atomic mass is 32.2. The Morgan fingerprint density at radius 2 is 2.05 bits per heavy atom. The number of carbonyl (C=O) groups is 1. The predicted octanol–water partition coefficient (Wildman–Crippen LogP) is 4.51. The fraction of sp³-hybridized carbons (Fsp3) is 0.679. The average molecular weight is 551 g/mol. The number of terminal acetylenes is 1. The molecule has 1 saturated heterocycles. The van der Waals surface area contributed by atoms with Crippen molar-refractivity contribution in [3.8, 4) is 12.3 Å². The van der Waals surface area contributed by atoms with Crippen LogP contribution in [0.1, 0.15) is 77.1 Å². The maximum Gasteiger partial charge on any atom is 0.433 e. The molecule has 2 aromatic rings. The predicted molar refractivity (Wildman–Crippen MR) is 156 cm³/mol. The highest BCUT2D eigenvalue weighted by Crippen LogP contribution is 2.66. The second kappa shape index (κ2) is 10.2. The molecule has 2 aromatic heterocycles. The van der Waals surface area contributed by atoms with E-state index in [1.54, 1.807) is 0 Å².